The molecule has 1 aromatic rings. The summed E-state index contributed by atoms with van der Waals surface area (Å²) in [5.41, 5.74) is 0.286. The standard InChI is InChI=1S/C12H16Cl2N2O4S/c1-3-20-12-10(13)4-8(5-11(12)14)15-21(17,18)16-6-9(7-16)19-2/h4-5,9,15H,3,6-7H2,1-2H3. The van der Waals surface area contributed by atoms with E-state index in [1.807, 2.05) is 0 Å². The second-order valence-electron chi connectivity index (χ2n) is 4.48. The molecule has 1 N–H and O–H groups in total. The van der Waals surface area contributed by atoms with Crippen LogP contribution in [0.15, 0.2) is 12.1 Å². The summed E-state index contributed by atoms with van der Waals surface area (Å²) in [5.74, 6) is 0.340. The van der Waals surface area contributed by atoms with Gasteiger partial charge in [-0.15, -0.1) is 0 Å². The van der Waals surface area contributed by atoms with Crippen LogP contribution >= 0.6 is 23.2 Å². The zero-order valence-electron chi connectivity index (χ0n) is 11.6. The highest BCUT2D eigenvalue weighted by molar-refractivity contribution is 7.90. The van der Waals surface area contributed by atoms with Crippen molar-refractivity contribution in [2.45, 2.75) is 13.0 Å². The quantitative estimate of drug-likeness (QED) is 0.851. The Morgan fingerprint density at radius 1 is 1.33 bits per heavy atom. The molecule has 0 radical (unpaired) electrons. The van der Waals surface area contributed by atoms with Gasteiger partial charge in [-0.25, -0.2) is 0 Å². The molecule has 0 spiro atoms. The largest absolute Gasteiger partial charge is 0.491 e. The molecule has 118 valence electrons. The van der Waals surface area contributed by atoms with E-state index in [4.69, 9.17) is 32.7 Å². The maximum absolute atomic E-state index is 12.1. The number of nitrogens with one attached hydrogen (secondary N) is 1. The van der Waals surface area contributed by atoms with Crippen LogP contribution in [0.3, 0.4) is 0 Å². The third kappa shape index (κ3) is 3.73. The number of halogens is 2. The van der Waals surface area contributed by atoms with Crippen molar-refractivity contribution in [1.82, 2.24) is 4.31 Å². The average Bonchev–Trinajstić information content (AvgIpc) is 2.31. The van der Waals surface area contributed by atoms with E-state index in [-0.39, 0.29) is 21.8 Å². The molecule has 0 amide bonds. The third-order valence-electron chi connectivity index (χ3n) is 3.02. The van der Waals surface area contributed by atoms with Gasteiger partial charge >= 0.3 is 10.2 Å². The van der Waals surface area contributed by atoms with Crippen LogP contribution in [0.5, 0.6) is 5.75 Å². The number of ether oxygens (including phenoxy) is 2. The van der Waals surface area contributed by atoms with E-state index in [1.165, 1.54) is 16.4 Å². The lowest BCUT2D eigenvalue weighted by atomic mass is 10.2. The lowest BCUT2D eigenvalue weighted by molar-refractivity contribution is 0.0128. The van der Waals surface area contributed by atoms with E-state index in [2.05, 4.69) is 4.72 Å². The van der Waals surface area contributed by atoms with Crippen LogP contribution in [0.2, 0.25) is 10.0 Å². The molecule has 1 aromatic carbocycles. The summed E-state index contributed by atoms with van der Waals surface area (Å²) >= 11 is 12.1. The zero-order chi connectivity index (χ0) is 15.6. The molecule has 1 heterocycles. The maximum Gasteiger partial charge on any atom is 0.301 e. The van der Waals surface area contributed by atoms with Gasteiger partial charge in [-0.1, -0.05) is 23.2 Å². The van der Waals surface area contributed by atoms with Crippen molar-refractivity contribution >= 4 is 39.1 Å². The molecule has 0 unspecified atom stereocenters. The number of benzene rings is 1. The third-order valence-corrected chi connectivity index (χ3v) is 5.05. The van der Waals surface area contributed by atoms with Gasteiger partial charge in [-0.2, -0.15) is 12.7 Å². The number of nitrogens with zero attached hydrogens (tertiary/aromatic N) is 1. The number of hydrogen-bond donors (Lipinski definition) is 1. The summed E-state index contributed by atoms with van der Waals surface area (Å²) in [6.45, 7) is 2.87. The second kappa shape index (κ2) is 6.58. The lowest BCUT2D eigenvalue weighted by Crippen LogP contribution is -2.55. The molecule has 9 heteroatoms. The fourth-order valence-electron chi connectivity index (χ4n) is 1.86. The molecule has 6 nitrogen and oxygen atoms in total. The fourth-order valence-corrected chi connectivity index (χ4v) is 3.73. The van der Waals surface area contributed by atoms with Crippen molar-refractivity contribution in [3.63, 3.8) is 0 Å². The van der Waals surface area contributed by atoms with Gasteiger partial charge in [0.1, 0.15) is 0 Å². The van der Waals surface area contributed by atoms with Gasteiger partial charge in [0.2, 0.25) is 0 Å². The van der Waals surface area contributed by atoms with Crippen molar-refractivity contribution in [3.05, 3.63) is 22.2 Å². The Morgan fingerprint density at radius 2 is 1.90 bits per heavy atom. The Labute approximate surface area is 134 Å². The number of methoxy groups -OCH3 is 1. The summed E-state index contributed by atoms with van der Waals surface area (Å²) < 4.78 is 38.3. The van der Waals surface area contributed by atoms with Crippen LogP contribution in [-0.4, -0.2) is 45.6 Å². The van der Waals surface area contributed by atoms with Gasteiger partial charge in [-0.3, -0.25) is 4.72 Å². The van der Waals surface area contributed by atoms with E-state index in [1.54, 1.807) is 14.0 Å². The first-order chi connectivity index (χ1) is 9.87. The molecule has 0 saturated carbocycles. The Kier molecular flexibility index (Phi) is 5.21. The molecule has 1 aliphatic rings. The molecule has 0 atom stereocenters. The van der Waals surface area contributed by atoms with E-state index in [9.17, 15) is 8.42 Å². The van der Waals surface area contributed by atoms with Gasteiger partial charge in [0, 0.05) is 20.2 Å². The lowest BCUT2D eigenvalue weighted by Gasteiger charge is -2.36. The van der Waals surface area contributed by atoms with E-state index in [0.717, 1.165) is 0 Å². The van der Waals surface area contributed by atoms with Crippen LogP contribution in [0, 0.1) is 0 Å². The van der Waals surface area contributed by atoms with Crippen LogP contribution in [0.1, 0.15) is 6.92 Å². The molecule has 0 bridgehead atoms. The molecular formula is C12H16Cl2N2O4S. The summed E-state index contributed by atoms with van der Waals surface area (Å²) in [5, 5.41) is 0.501. The van der Waals surface area contributed by atoms with Crippen molar-refractivity contribution < 1.29 is 17.9 Å². The fraction of sp³-hybridized carbons (Fsp3) is 0.500. The number of hydrogen-bond acceptors (Lipinski definition) is 4. The normalized spacial score (nSPS) is 16.6. The monoisotopic (exact) mass is 354 g/mol. The molecule has 0 aliphatic carbocycles. The van der Waals surface area contributed by atoms with Gasteiger partial charge in [0.15, 0.2) is 5.75 Å². The Hall–Kier alpha value is -0.730. The van der Waals surface area contributed by atoms with Crippen molar-refractivity contribution in [2.24, 2.45) is 0 Å². The van der Waals surface area contributed by atoms with Crippen molar-refractivity contribution in [1.29, 1.82) is 0 Å². The second-order valence-corrected chi connectivity index (χ2v) is 6.97. The van der Waals surface area contributed by atoms with Gasteiger partial charge in [0.05, 0.1) is 28.4 Å². The van der Waals surface area contributed by atoms with Gasteiger partial charge in [0.25, 0.3) is 0 Å². The highest BCUT2D eigenvalue weighted by Gasteiger charge is 2.36. The summed E-state index contributed by atoms with van der Waals surface area (Å²) in [4.78, 5) is 0. The van der Waals surface area contributed by atoms with Gasteiger partial charge < -0.3 is 9.47 Å². The minimum Gasteiger partial charge on any atom is -0.491 e. The van der Waals surface area contributed by atoms with E-state index >= 15 is 0 Å². The first-order valence-corrected chi connectivity index (χ1v) is 8.49. The topological polar surface area (TPSA) is 67.9 Å². The predicted octanol–water partition coefficient (Wildman–Crippen LogP) is 2.38. The zero-order valence-corrected chi connectivity index (χ0v) is 13.9. The highest BCUT2D eigenvalue weighted by Crippen LogP contribution is 2.36. The first-order valence-electron chi connectivity index (χ1n) is 6.30. The number of anilines is 1. The number of rotatable bonds is 6. The summed E-state index contributed by atoms with van der Waals surface area (Å²) in [6, 6.07) is 2.92. The SMILES string of the molecule is CCOc1c(Cl)cc(NS(=O)(=O)N2CC(OC)C2)cc1Cl. The molecule has 1 aliphatic heterocycles. The highest BCUT2D eigenvalue weighted by atomic mass is 35.5. The summed E-state index contributed by atoms with van der Waals surface area (Å²) in [6.07, 6.45) is -0.0610. The Bertz CT molecular complexity index is 595. The molecule has 2 rings (SSSR count). The first kappa shape index (κ1) is 16.6. The molecule has 0 aromatic heterocycles. The average molecular weight is 355 g/mol. The molecule has 1 fully saturated rings. The van der Waals surface area contributed by atoms with Crippen LogP contribution in [0.25, 0.3) is 0 Å². The van der Waals surface area contributed by atoms with Crippen LogP contribution in [-0.2, 0) is 14.9 Å². The van der Waals surface area contributed by atoms with Crippen LogP contribution < -0.4 is 9.46 Å². The maximum atomic E-state index is 12.1. The predicted molar refractivity (Wildman–Crippen MR) is 82.5 cm³/mol. The molecule has 21 heavy (non-hydrogen) atoms. The van der Waals surface area contributed by atoms with E-state index < -0.39 is 10.2 Å². The van der Waals surface area contributed by atoms with Crippen molar-refractivity contribution in [2.75, 3.05) is 31.5 Å². The van der Waals surface area contributed by atoms with Crippen LogP contribution in [0.4, 0.5) is 5.69 Å². The van der Waals surface area contributed by atoms with E-state index in [0.29, 0.717) is 25.4 Å². The molecular weight excluding hydrogens is 339 g/mol. The minimum absolute atomic E-state index is 0.0610. The summed E-state index contributed by atoms with van der Waals surface area (Å²) in [7, 11) is -2.08. The molecule has 1 saturated heterocycles. The Morgan fingerprint density at radius 3 is 2.38 bits per heavy atom. The van der Waals surface area contributed by atoms with Gasteiger partial charge in [-0.05, 0) is 19.1 Å². The Balaban J connectivity index is 2.13. The van der Waals surface area contributed by atoms with Crippen molar-refractivity contribution in [3.8, 4) is 5.75 Å². The minimum atomic E-state index is -3.63. The smallest absolute Gasteiger partial charge is 0.301 e.